The highest BCUT2D eigenvalue weighted by molar-refractivity contribution is 5.84. The van der Waals surface area contributed by atoms with Crippen LogP contribution in [0.4, 0.5) is 5.95 Å². The molecule has 0 radical (unpaired) electrons. The Bertz CT molecular complexity index is 1140. The fourth-order valence-corrected chi connectivity index (χ4v) is 4.69. The number of aromatic nitrogens is 5. The van der Waals surface area contributed by atoms with Gasteiger partial charge in [-0.2, -0.15) is 5.10 Å². The van der Waals surface area contributed by atoms with Crippen LogP contribution in [0.2, 0.25) is 0 Å². The molecule has 0 spiro atoms. The van der Waals surface area contributed by atoms with Crippen LogP contribution in [0.1, 0.15) is 61.3 Å². The van der Waals surface area contributed by atoms with Gasteiger partial charge in [-0.15, -0.1) is 0 Å². The van der Waals surface area contributed by atoms with Gasteiger partial charge in [0.05, 0.1) is 23.6 Å². The average molecular weight is 430 g/mol. The van der Waals surface area contributed by atoms with Crippen molar-refractivity contribution in [2.24, 2.45) is 0 Å². The van der Waals surface area contributed by atoms with Crippen molar-refractivity contribution >= 4 is 11.5 Å². The van der Waals surface area contributed by atoms with E-state index in [0.717, 1.165) is 91.0 Å². The third-order valence-electron chi connectivity index (χ3n) is 6.62. The fraction of sp³-hybridized carbons (Fsp3) is 0.440. The van der Waals surface area contributed by atoms with Crippen molar-refractivity contribution in [3.63, 3.8) is 0 Å². The molecule has 1 aliphatic carbocycles. The molecule has 32 heavy (non-hydrogen) atoms. The van der Waals surface area contributed by atoms with Crippen LogP contribution in [0.15, 0.2) is 36.8 Å². The van der Waals surface area contributed by atoms with E-state index >= 15 is 0 Å². The zero-order chi connectivity index (χ0) is 22.1. The van der Waals surface area contributed by atoms with Crippen molar-refractivity contribution < 1.29 is 0 Å². The molecule has 0 saturated carbocycles. The van der Waals surface area contributed by atoms with Crippen LogP contribution in [-0.4, -0.2) is 49.8 Å². The molecule has 166 valence electrons. The molecule has 0 bridgehead atoms. The largest absolute Gasteiger partial charge is 0.368 e. The van der Waals surface area contributed by atoms with E-state index in [0.29, 0.717) is 12.0 Å². The summed E-state index contributed by atoms with van der Waals surface area (Å²) in [4.78, 5) is 16.1. The highest BCUT2D eigenvalue weighted by Gasteiger charge is 2.22. The zero-order valence-electron chi connectivity index (χ0n) is 19.0. The van der Waals surface area contributed by atoms with E-state index in [1.807, 2.05) is 12.4 Å². The van der Waals surface area contributed by atoms with Crippen LogP contribution in [0.5, 0.6) is 0 Å². The van der Waals surface area contributed by atoms with E-state index in [2.05, 4.69) is 63.0 Å². The summed E-state index contributed by atoms with van der Waals surface area (Å²) < 4.78 is 2.14. The molecule has 7 heteroatoms. The molecular formula is C25H31N7. The number of hydrogen-bond acceptors (Lipinski definition) is 6. The predicted octanol–water partition coefficient (Wildman–Crippen LogP) is 3.91. The normalized spacial score (nSPS) is 16.9. The van der Waals surface area contributed by atoms with E-state index in [4.69, 9.17) is 10.7 Å². The lowest BCUT2D eigenvalue weighted by Crippen LogP contribution is -2.31. The van der Waals surface area contributed by atoms with Crippen LogP contribution in [0.3, 0.4) is 0 Å². The van der Waals surface area contributed by atoms with Crippen molar-refractivity contribution in [2.45, 2.75) is 51.5 Å². The first kappa shape index (κ1) is 20.8. The second-order valence-electron chi connectivity index (χ2n) is 8.99. The lowest BCUT2D eigenvalue weighted by atomic mass is 10.0. The van der Waals surface area contributed by atoms with Gasteiger partial charge >= 0.3 is 0 Å². The molecule has 1 saturated heterocycles. The summed E-state index contributed by atoms with van der Waals surface area (Å²) in [6.45, 7) is 4.43. The molecule has 3 aromatic rings. The Morgan fingerprint density at radius 1 is 1.09 bits per heavy atom. The Morgan fingerprint density at radius 2 is 1.94 bits per heavy atom. The smallest absolute Gasteiger partial charge is 0.220 e. The summed E-state index contributed by atoms with van der Waals surface area (Å²) in [5, 5.41) is 4.68. The quantitative estimate of drug-likeness (QED) is 0.639. The van der Waals surface area contributed by atoms with Gasteiger partial charge < -0.3 is 10.6 Å². The first-order chi connectivity index (χ1) is 15.6. The minimum Gasteiger partial charge on any atom is -0.368 e. The van der Waals surface area contributed by atoms with Gasteiger partial charge in [-0.3, -0.25) is 9.67 Å². The van der Waals surface area contributed by atoms with Crippen molar-refractivity contribution in [2.75, 3.05) is 25.9 Å². The molecule has 4 heterocycles. The SMILES string of the molecule is CCCCc1cc(C2=CCc3ncc(-c4cnn(C5CCN(C)CC5)c4)cc32)nc(N)n1. The number of fused-ring (bicyclic) bond motifs is 1. The molecule has 0 amide bonds. The molecule has 2 N–H and O–H groups in total. The van der Waals surface area contributed by atoms with Gasteiger partial charge in [-0.25, -0.2) is 9.97 Å². The standard InChI is InChI=1S/C25H31N7/c1-3-4-5-19-13-24(30-25(26)29-19)21-6-7-23-22(21)12-17(14-27-23)18-15-28-32(16-18)20-8-10-31(2)11-9-20/h6,12-16,20H,3-5,7-11H2,1-2H3,(H2,26,29,30). The number of nitrogens with two attached hydrogens (primary N) is 1. The van der Waals surface area contributed by atoms with Crippen molar-refractivity contribution in [1.82, 2.24) is 29.6 Å². The van der Waals surface area contributed by atoms with Crippen molar-refractivity contribution in [1.29, 1.82) is 0 Å². The summed E-state index contributed by atoms with van der Waals surface area (Å²) in [6, 6.07) is 4.78. The van der Waals surface area contributed by atoms with Crippen LogP contribution in [0.25, 0.3) is 16.7 Å². The van der Waals surface area contributed by atoms with Crippen molar-refractivity contribution in [3.05, 3.63) is 59.4 Å². The average Bonchev–Trinajstić information content (AvgIpc) is 3.45. The van der Waals surface area contributed by atoms with Crippen LogP contribution in [-0.2, 0) is 12.8 Å². The second-order valence-corrected chi connectivity index (χ2v) is 8.99. The lowest BCUT2D eigenvalue weighted by molar-refractivity contribution is 0.212. The summed E-state index contributed by atoms with van der Waals surface area (Å²) in [5.74, 6) is 0.339. The Morgan fingerprint density at radius 3 is 2.75 bits per heavy atom. The Balaban J connectivity index is 1.42. The number of nitrogen functional groups attached to an aromatic ring is 1. The molecule has 7 nitrogen and oxygen atoms in total. The maximum absolute atomic E-state index is 6.04. The Hall–Kier alpha value is -3.06. The molecule has 1 fully saturated rings. The van der Waals surface area contributed by atoms with E-state index in [-0.39, 0.29) is 0 Å². The minimum absolute atomic E-state index is 0.339. The molecule has 5 rings (SSSR count). The number of allylic oxidation sites excluding steroid dienone is 1. The molecule has 2 aliphatic rings. The maximum atomic E-state index is 6.04. The number of nitrogens with zero attached hydrogens (tertiary/aromatic N) is 6. The van der Waals surface area contributed by atoms with E-state index in [1.54, 1.807) is 0 Å². The van der Waals surface area contributed by atoms with Crippen LogP contribution >= 0.6 is 0 Å². The number of unbranched alkanes of at least 4 members (excludes halogenated alkanes) is 1. The molecule has 0 aromatic carbocycles. The summed E-state index contributed by atoms with van der Waals surface area (Å²) >= 11 is 0. The van der Waals surface area contributed by atoms with Gasteiger partial charge in [-0.1, -0.05) is 19.4 Å². The number of aryl methyl sites for hydroxylation is 1. The first-order valence-electron chi connectivity index (χ1n) is 11.7. The third-order valence-corrected chi connectivity index (χ3v) is 6.62. The van der Waals surface area contributed by atoms with Crippen molar-refractivity contribution in [3.8, 4) is 11.1 Å². The third kappa shape index (κ3) is 4.17. The van der Waals surface area contributed by atoms with Gasteiger partial charge in [0.1, 0.15) is 0 Å². The monoisotopic (exact) mass is 429 g/mol. The number of hydrogen-bond donors (Lipinski definition) is 1. The number of anilines is 1. The fourth-order valence-electron chi connectivity index (χ4n) is 4.69. The summed E-state index contributed by atoms with van der Waals surface area (Å²) in [6.07, 6.45) is 14.5. The van der Waals surface area contributed by atoms with E-state index in [1.165, 1.54) is 0 Å². The zero-order valence-corrected chi connectivity index (χ0v) is 19.0. The number of rotatable bonds is 6. The Kier molecular flexibility index (Phi) is 5.74. The van der Waals surface area contributed by atoms with Gasteiger partial charge in [0.25, 0.3) is 0 Å². The predicted molar refractivity (Wildman–Crippen MR) is 127 cm³/mol. The maximum Gasteiger partial charge on any atom is 0.220 e. The molecule has 0 atom stereocenters. The van der Waals surface area contributed by atoms with Gasteiger partial charge in [0.15, 0.2) is 0 Å². The number of pyridine rings is 1. The Labute approximate surface area is 189 Å². The summed E-state index contributed by atoms with van der Waals surface area (Å²) in [7, 11) is 2.18. The lowest BCUT2D eigenvalue weighted by Gasteiger charge is -2.28. The highest BCUT2D eigenvalue weighted by Crippen LogP contribution is 2.34. The molecule has 3 aromatic heterocycles. The van der Waals surface area contributed by atoms with E-state index in [9.17, 15) is 0 Å². The topological polar surface area (TPSA) is 85.8 Å². The van der Waals surface area contributed by atoms with Gasteiger partial charge in [0.2, 0.25) is 5.95 Å². The van der Waals surface area contributed by atoms with Crippen LogP contribution in [0, 0.1) is 0 Å². The van der Waals surface area contributed by atoms with Crippen LogP contribution < -0.4 is 5.73 Å². The molecule has 1 aliphatic heterocycles. The highest BCUT2D eigenvalue weighted by atomic mass is 15.3. The van der Waals surface area contributed by atoms with Gasteiger partial charge in [0, 0.05) is 46.8 Å². The first-order valence-corrected chi connectivity index (χ1v) is 11.7. The van der Waals surface area contributed by atoms with E-state index < -0.39 is 0 Å². The van der Waals surface area contributed by atoms with Gasteiger partial charge in [-0.05, 0) is 58.0 Å². The minimum atomic E-state index is 0.339. The summed E-state index contributed by atoms with van der Waals surface area (Å²) in [5.41, 5.74) is 13.5. The molecular weight excluding hydrogens is 398 g/mol. The molecule has 0 unspecified atom stereocenters. The number of piperidine rings is 1. The number of likely N-dealkylation sites (tertiary alicyclic amines) is 1. The second kappa shape index (κ2) is 8.82.